The van der Waals surface area contributed by atoms with E-state index >= 15 is 0 Å². The Kier molecular flexibility index (Phi) is 6.39. The Bertz CT molecular complexity index is 920. The summed E-state index contributed by atoms with van der Waals surface area (Å²) >= 11 is 0. The first-order valence-corrected chi connectivity index (χ1v) is 10.8. The summed E-state index contributed by atoms with van der Waals surface area (Å²) < 4.78 is 22.8. The molecule has 5 atom stereocenters. The third-order valence-corrected chi connectivity index (χ3v) is 6.09. The summed E-state index contributed by atoms with van der Waals surface area (Å²) in [7, 11) is 0. The minimum absolute atomic E-state index is 0.213. The maximum atomic E-state index is 12.6. The molecule has 2 aromatic carbocycles. The van der Waals surface area contributed by atoms with E-state index in [1.165, 1.54) is 5.56 Å². The number of hydrogen-bond donors (Lipinski definition) is 0. The molecule has 4 rings (SSSR count). The van der Waals surface area contributed by atoms with Gasteiger partial charge in [0.15, 0.2) is 12.2 Å². The number of fused-ring (bicyclic) bond motifs is 1. The van der Waals surface area contributed by atoms with Crippen LogP contribution in [0.25, 0.3) is 0 Å². The third kappa shape index (κ3) is 4.65. The van der Waals surface area contributed by atoms with Crippen molar-refractivity contribution in [2.24, 2.45) is 0 Å². The number of carbonyl (C=O) groups is 2. The number of carbonyl (C=O) groups excluding carboxylic acids is 2. The van der Waals surface area contributed by atoms with E-state index in [4.69, 9.17) is 18.9 Å². The fourth-order valence-corrected chi connectivity index (χ4v) is 3.92. The molecule has 2 saturated heterocycles. The predicted molar refractivity (Wildman–Crippen MR) is 114 cm³/mol. The topological polar surface area (TPSA) is 71.1 Å². The highest BCUT2D eigenvalue weighted by Gasteiger charge is 2.51. The van der Waals surface area contributed by atoms with E-state index in [9.17, 15) is 9.59 Å². The molecule has 2 heterocycles. The van der Waals surface area contributed by atoms with Gasteiger partial charge in [0.1, 0.15) is 12.2 Å². The zero-order valence-electron chi connectivity index (χ0n) is 18.1. The van der Waals surface area contributed by atoms with Crippen LogP contribution in [0.3, 0.4) is 0 Å². The Morgan fingerprint density at radius 1 is 0.871 bits per heavy atom. The first-order chi connectivity index (χ1) is 15.0. The average Bonchev–Trinajstić information content (AvgIpc) is 3.37. The summed E-state index contributed by atoms with van der Waals surface area (Å²) in [6, 6.07) is 14.7. The van der Waals surface area contributed by atoms with Crippen LogP contribution in [0.15, 0.2) is 48.5 Å². The summed E-state index contributed by atoms with van der Waals surface area (Å²) in [4.78, 5) is 25.0. The SMILES string of the molecule is CCC(C)c1ccc(C(=O)O[C@@H]2CO[C@H]3[C@@H]2OC[C@@H]3OC(=O)c2ccc(C)cc2)cc1. The Labute approximate surface area is 182 Å². The molecule has 0 aliphatic carbocycles. The van der Waals surface area contributed by atoms with Gasteiger partial charge in [0.25, 0.3) is 0 Å². The molecule has 2 aliphatic heterocycles. The highest BCUT2D eigenvalue weighted by molar-refractivity contribution is 5.90. The summed E-state index contributed by atoms with van der Waals surface area (Å²) in [6.07, 6.45) is -0.912. The van der Waals surface area contributed by atoms with Gasteiger partial charge in [-0.05, 0) is 49.1 Å². The van der Waals surface area contributed by atoms with E-state index in [0.717, 1.165) is 12.0 Å². The van der Waals surface area contributed by atoms with Crippen LogP contribution in [-0.4, -0.2) is 49.6 Å². The van der Waals surface area contributed by atoms with Crippen LogP contribution in [0.5, 0.6) is 0 Å². The lowest BCUT2D eigenvalue weighted by Gasteiger charge is -2.17. The highest BCUT2D eigenvalue weighted by atomic mass is 16.7. The van der Waals surface area contributed by atoms with Crippen LogP contribution >= 0.6 is 0 Å². The summed E-state index contributed by atoms with van der Waals surface area (Å²) in [5, 5.41) is 0. The standard InChI is InChI=1S/C25H28O6/c1-4-16(3)17-9-11-19(12-10-17)25(27)31-21-14-29-22-20(13-28-23(21)22)30-24(26)18-7-5-15(2)6-8-18/h5-12,16,20-23H,4,13-14H2,1-3H3/t16?,20-,21+,22+,23+/m0/s1. The van der Waals surface area contributed by atoms with Crippen LogP contribution in [0.2, 0.25) is 0 Å². The van der Waals surface area contributed by atoms with Crippen LogP contribution in [-0.2, 0) is 18.9 Å². The Morgan fingerprint density at radius 2 is 1.32 bits per heavy atom. The maximum Gasteiger partial charge on any atom is 0.338 e. The normalized spacial score (nSPS) is 25.6. The Morgan fingerprint density at radius 3 is 1.77 bits per heavy atom. The van der Waals surface area contributed by atoms with Crippen molar-refractivity contribution in [1.29, 1.82) is 0 Å². The minimum atomic E-state index is -0.533. The number of hydrogen-bond acceptors (Lipinski definition) is 6. The molecule has 0 amide bonds. The van der Waals surface area contributed by atoms with E-state index in [2.05, 4.69) is 13.8 Å². The van der Waals surface area contributed by atoms with Crippen molar-refractivity contribution in [3.05, 3.63) is 70.8 Å². The van der Waals surface area contributed by atoms with Crippen molar-refractivity contribution in [2.45, 2.75) is 57.5 Å². The first kappa shape index (κ1) is 21.5. The monoisotopic (exact) mass is 424 g/mol. The average molecular weight is 424 g/mol. The molecule has 0 radical (unpaired) electrons. The molecule has 2 fully saturated rings. The lowest BCUT2D eigenvalue weighted by atomic mass is 9.98. The molecule has 6 heteroatoms. The zero-order valence-corrected chi connectivity index (χ0v) is 18.1. The molecule has 0 bridgehead atoms. The lowest BCUT2D eigenvalue weighted by molar-refractivity contribution is -0.0287. The molecule has 1 unspecified atom stereocenters. The van der Waals surface area contributed by atoms with Gasteiger partial charge in [0.2, 0.25) is 0 Å². The predicted octanol–water partition coefficient (Wildman–Crippen LogP) is 4.06. The third-order valence-electron chi connectivity index (χ3n) is 6.09. The Hall–Kier alpha value is -2.70. The zero-order chi connectivity index (χ0) is 22.0. The molecule has 6 nitrogen and oxygen atoms in total. The second kappa shape index (κ2) is 9.20. The van der Waals surface area contributed by atoms with Crippen molar-refractivity contribution in [1.82, 2.24) is 0 Å². The fourth-order valence-electron chi connectivity index (χ4n) is 3.92. The largest absolute Gasteiger partial charge is 0.453 e. The van der Waals surface area contributed by atoms with E-state index < -0.39 is 36.4 Å². The summed E-state index contributed by atoms with van der Waals surface area (Å²) in [5.74, 6) is -0.381. The number of ether oxygens (including phenoxy) is 4. The molecule has 0 N–H and O–H groups in total. The molecular weight excluding hydrogens is 396 g/mol. The van der Waals surface area contributed by atoms with Gasteiger partial charge in [0.05, 0.1) is 24.3 Å². The van der Waals surface area contributed by atoms with Gasteiger partial charge in [-0.2, -0.15) is 0 Å². The molecule has 0 saturated carbocycles. The van der Waals surface area contributed by atoms with E-state index in [1.807, 2.05) is 31.2 Å². The second-order valence-electron chi connectivity index (χ2n) is 8.28. The van der Waals surface area contributed by atoms with E-state index in [0.29, 0.717) is 17.0 Å². The maximum absolute atomic E-state index is 12.6. The van der Waals surface area contributed by atoms with Crippen LogP contribution < -0.4 is 0 Å². The molecule has 2 aromatic rings. The number of aryl methyl sites for hydroxylation is 1. The lowest BCUT2D eigenvalue weighted by Crippen LogP contribution is -2.36. The van der Waals surface area contributed by atoms with Gasteiger partial charge in [-0.15, -0.1) is 0 Å². The van der Waals surface area contributed by atoms with Crippen molar-refractivity contribution in [3.63, 3.8) is 0 Å². The van der Waals surface area contributed by atoms with E-state index in [1.54, 1.807) is 24.3 Å². The van der Waals surface area contributed by atoms with Crippen molar-refractivity contribution >= 4 is 11.9 Å². The number of benzene rings is 2. The highest BCUT2D eigenvalue weighted by Crippen LogP contribution is 2.31. The van der Waals surface area contributed by atoms with Gasteiger partial charge < -0.3 is 18.9 Å². The Balaban J connectivity index is 1.34. The van der Waals surface area contributed by atoms with Gasteiger partial charge in [-0.25, -0.2) is 9.59 Å². The molecule has 164 valence electrons. The number of esters is 2. The van der Waals surface area contributed by atoms with Crippen LogP contribution in [0, 0.1) is 6.92 Å². The minimum Gasteiger partial charge on any atom is -0.453 e. The van der Waals surface area contributed by atoms with Crippen molar-refractivity contribution < 1.29 is 28.5 Å². The summed E-state index contributed by atoms with van der Waals surface area (Å²) in [6.45, 7) is 6.67. The molecule has 2 aliphatic rings. The van der Waals surface area contributed by atoms with Crippen molar-refractivity contribution in [2.75, 3.05) is 13.2 Å². The quantitative estimate of drug-likeness (QED) is 0.652. The first-order valence-electron chi connectivity index (χ1n) is 10.8. The van der Waals surface area contributed by atoms with Gasteiger partial charge in [-0.3, -0.25) is 0 Å². The smallest absolute Gasteiger partial charge is 0.338 e. The fraction of sp³-hybridized carbons (Fsp3) is 0.440. The number of rotatable bonds is 6. The second-order valence-corrected chi connectivity index (χ2v) is 8.28. The van der Waals surface area contributed by atoms with Gasteiger partial charge in [-0.1, -0.05) is 43.7 Å². The molecular formula is C25H28O6. The van der Waals surface area contributed by atoms with Gasteiger partial charge >= 0.3 is 11.9 Å². The van der Waals surface area contributed by atoms with Crippen molar-refractivity contribution in [3.8, 4) is 0 Å². The van der Waals surface area contributed by atoms with Gasteiger partial charge in [0, 0.05) is 0 Å². The van der Waals surface area contributed by atoms with E-state index in [-0.39, 0.29) is 13.2 Å². The molecule has 0 aromatic heterocycles. The summed E-state index contributed by atoms with van der Waals surface area (Å²) in [5.41, 5.74) is 3.24. The van der Waals surface area contributed by atoms with Crippen LogP contribution in [0.1, 0.15) is 58.0 Å². The molecule has 0 spiro atoms. The van der Waals surface area contributed by atoms with Crippen LogP contribution in [0.4, 0.5) is 0 Å². The molecule has 31 heavy (non-hydrogen) atoms.